The molecule has 1 unspecified atom stereocenters. The summed E-state index contributed by atoms with van der Waals surface area (Å²) >= 11 is 1.56. The van der Waals surface area contributed by atoms with E-state index in [1.807, 2.05) is 13.0 Å². The van der Waals surface area contributed by atoms with Gasteiger partial charge in [0.1, 0.15) is 0 Å². The highest BCUT2D eigenvalue weighted by molar-refractivity contribution is 8.00. The molecule has 80 valence electrons. The Balaban J connectivity index is 3.85. The molecule has 0 aromatic rings. The lowest BCUT2D eigenvalue weighted by atomic mass is 10.4. The van der Waals surface area contributed by atoms with Crippen LogP contribution in [-0.2, 0) is 4.79 Å². The summed E-state index contributed by atoms with van der Waals surface area (Å²) in [5.74, 6) is 0.817. The minimum Gasteiger partial charge on any atom is -0.322 e. The third kappa shape index (κ3) is 5.01. The predicted molar refractivity (Wildman–Crippen MR) is 60.2 cm³/mol. The molecule has 0 aliphatic rings. The predicted octanol–water partition coefficient (Wildman–Crippen LogP) is 1.87. The van der Waals surface area contributed by atoms with Gasteiger partial charge in [0.05, 0.1) is 5.25 Å². The van der Waals surface area contributed by atoms with Gasteiger partial charge in [0.15, 0.2) is 6.67 Å². The van der Waals surface area contributed by atoms with E-state index in [4.69, 9.17) is 0 Å². The Morgan fingerprint density at radius 3 is 2.86 bits per heavy atom. The molecule has 0 aromatic heterocycles. The second-order valence-corrected chi connectivity index (χ2v) is 4.35. The molecular weight excluding hydrogens is 200 g/mol. The van der Waals surface area contributed by atoms with Gasteiger partial charge in [-0.15, -0.1) is 23.2 Å². The Labute approximate surface area is 88.7 Å². The first-order chi connectivity index (χ1) is 6.63. The van der Waals surface area contributed by atoms with E-state index in [0.29, 0.717) is 0 Å². The molecule has 0 aliphatic heterocycles. The van der Waals surface area contributed by atoms with Gasteiger partial charge < -0.3 is 4.90 Å². The third-order valence-electron chi connectivity index (χ3n) is 1.68. The summed E-state index contributed by atoms with van der Waals surface area (Å²) in [4.78, 5) is 22.8. The van der Waals surface area contributed by atoms with Crippen molar-refractivity contribution in [2.45, 2.75) is 18.6 Å². The van der Waals surface area contributed by atoms with Gasteiger partial charge in [-0.25, -0.2) is 0 Å². The second kappa shape index (κ2) is 7.55. The van der Waals surface area contributed by atoms with Crippen LogP contribution in [0.1, 0.15) is 13.3 Å². The first kappa shape index (κ1) is 13.2. The molecule has 1 atom stereocenters. The molecule has 0 heterocycles. The molecule has 0 fully saturated rings. The largest absolute Gasteiger partial charge is 0.322 e. The monoisotopic (exact) mass is 216 g/mol. The Morgan fingerprint density at radius 1 is 1.71 bits per heavy atom. The minimum absolute atomic E-state index is 0.0568. The topological polar surface area (TPSA) is 49.7 Å². The lowest BCUT2D eigenvalue weighted by molar-refractivity contribution is -0.128. The summed E-state index contributed by atoms with van der Waals surface area (Å²) < 4.78 is 0. The molecule has 0 aliphatic carbocycles. The van der Waals surface area contributed by atoms with Crippen molar-refractivity contribution in [2.24, 2.45) is 5.18 Å². The number of carbonyl (C=O) groups is 1. The highest BCUT2D eigenvalue weighted by Gasteiger charge is 2.16. The zero-order chi connectivity index (χ0) is 11.0. The van der Waals surface area contributed by atoms with Gasteiger partial charge in [-0.1, -0.05) is 6.08 Å². The number of carbonyl (C=O) groups excluding carboxylic acids is 1. The van der Waals surface area contributed by atoms with E-state index in [0.717, 1.165) is 12.2 Å². The van der Waals surface area contributed by atoms with Crippen molar-refractivity contribution in [3.05, 3.63) is 17.6 Å². The summed E-state index contributed by atoms with van der Waals surface area (Å²) in [5, 5.41) is 2.54. The van der Waals surface area contributed by atoms with Crippen molar-refractivity contribution >= 4 is 17.7 Å². The standard InChI is InChI=1S/C9H16N2O2S/c1-4-5-6-14-8(2)9(12)11(3)7-10-13/h4,8H,1,5-7H2,2-3H3. The van der Waals surface area contributed by atoms with Gasteiger partial charge in [0, 0.05) is 7.05 Å². The lowest BCUT2D eigenvalue weighted by Gasteiger charge is -2.17. The van der Waals surface area contributed by atoms with Gasteiger partial charge in [0.2, 0.25) is 5.91 Å². The number of hydrogen-bond acceptors (Lipinski definition) is 4. The normalized spacial score (nSPS) is 11.9. The van der Waals surface area contributed by atoms with Crippen LogP contribution < -0.4 is 0 Å². The summed E-state index contributed by atoms with van der Waals surface area (Å²) in [6.07, 6.45) is 2.71. The van der Waals surface area contributed by atoms with Crippen LogP contribution in [0.15, 0.2) is 17.8 Å². The molecule has 0 spiro atoms. The van der Waals surface area contributed by atoms with Gasteiger partial charge in [-0.05, 0) is 24.3 Å². The third-order valence-corrected chi connectivity index (χ3v) is 2.86. The molecule has 0 saturated heterocycles. The summed E-state index contributed by atoms with van der Waals surface area (Å²) in [6, 6.07) is 0. The minimum atomic E-state index is -0.123. The molecule has 1 amide bonds. The van der Waals surface area contributed by atoms with E-state index >= 15 is 0 Å². The Hall–Kier alpha value is -0.840. The first-order valence-electron chi connectivity index (χ1n) is 4.40. The van der Waals surface area contributed by atoms with Gasteiger partial charge in [0.25, 0.3) is 0 Å². The molecular formula is C9H16N2O2S. The molecule has 0 N–H and O–H groups in total. The Morgan fingerprint density at radius 2 is 2.36 bits per heavy atom. The van der Waals surface area contributed by atoms with E-state index < -0.39 is 0 Å². The lowest BCUT2D eigenvalue weighted by Crippen LogP contribution is -2.33. The zero-order valence-corrected chi connectivity index (χ0v) is 9.42. The number of amides is 1. The van der Waals surface area contributed by atoms with Gasteiger partial charge in [-0.2, -0.15) is 0 Å². The number of nitroso groups, excluding NO2 is 1. The van der Waals surface area contributed by atoms with Crippen molar-refractivity contribution in [3.63, 3.8) is 0 Å². The Bertz CT molecular complexity index is 209. The van der Waals surface area contributed by atoms with Crippen LogP contribution in [0.25, 0.3) is 0 Å². The molecule has 0 aromatic carbocycles. The van der Waals surface area contributed by atoms with E-state index in [2.05, 4.69) is 11.8 Å². The molecule has 5 heteroatoms. The van der Waals surface area contributed by atoms with Crippen LogP contribution in [0.3, 0.4) is 0 Å². The number of rotatable bonds is 7. The van der Waals surface area contributed by atoms with Crippen molar-refractivity contribution < 1.29 is 4.79 Å². The average molecular weight is 216 g/mol. The fourth-order valence-corrected chi connectivity index (χ4v) is 1.84. The molecule has 0 saturated carbocycles. The molecule has 0 bridgehead atoms. The van der Waals surface area contributed by atoms with E-state index in [1.165, 1.54) is 4.90 Å². The maximum absolute atomic E-state index is 11.5. The second-order valence-electron chi connectivity index (χ2n) is 2.90. The van der Waals surface area contributed by atoms with E-state index in [-0.39, 0.29) is 17.8 Å². The van der Waals surface area contributed by atoms with Crippen LogP contribution in [0.4, 0.5) is 0 Å². The fourth-order valence-electron chi connectivity index (χ4n) is 0.866. The van der Waals surface area contributed by atoms with Crippen molar-refractivity contribution in [2.75, 3.05) is 19.5 Å². The molecule has 0 rings (SSSR count). The fraction of sp³-hybridized carbons (Fsp3) is 0.667. The smallest absolute Gasteiger partial charge is 0.236 e. The van der Waals surface area contributed by atoms with E-state index in [9.17, 15) is 9.70 Å². The van der Waals surface area contributed by atoms with Crippen LogP contribution in [0.5, 0.6) is 0 Å². The molecule has 0 radical (unpaired) electrons. The van der Waals surface area contributed by atoms with Crippen molar-refractivity contribution in [1.82, 2.24) is 4.90 Å². The van der Waals surface area contributed by atoms with Crippen LogP contribution in [0.2, 0.25) is 0 Å². The molecule has 14 heavy (non-hydrogen) atoms. The van der Waals surface area contributed by atoms with Gasteiger partial charge >= 0.3 is 0 Å². The maximum atomic E-state index is 11.5. The maximum Gasteiger partial charge on any atom is 0.236 e. The van der Waals surface area contributed by atoms with Gasteiger partial charge in [-0.3, -0.25) is 4.79 Å². The number of thioether (sulfide) groups is 1. The average Bonchev–Trinajstić information content (AvgIpc) is 2.17. The number of nitrogens with zero attached hydrogens (tertiary/aromatic N) is 2. The Kier molecular flexibility index (Phi) is 7.10. The number of allylic oxidation sites excluding steroid dienone is 1. The van der Waals surface area contributed by atoms with Crippen molar-refractivity contribution in [1.29, 1.82) is 0 Å². The highest BCUT2D eigenvalue weighted by Crippen LogP contribution is 2.13. The van der Waals surface area contributed by atoms with Crippen LogP contribution in [-0.4, -0.2) is 35.5 Å². The zero-order valence-electron chi connectivity index (χ0n) is 8.60. The highest BCUT2D eigenvalue weighted by atomic mass is 32.2. The summed E-state index contributed by atoms with van der Waals surface area (Å²) in [5.41, 5.74) is 0. The summed E-state index contributed by atoms with van der Waals surface area (Å²) in [6.45, 7) is 5.35. The number of hydrogen-bond donors (Lipinski definition) is 0. The molecule has 4 nitrogen and oxygen atoms in total. The van der Waals surface area contributed by atoms with Crippen LogP contribution >= 0.6 is 11.8 Å². The first-order valence-corrected chi connectivity index (χ1v) is 5.45. The SMILES string of the molecule is C=CCCSC(C)C(=O)N(C)CN=O. The quantitative estimate of drug-likeness (QED) is 0.371. The van der Waals surface area contributed by atoms with Crippen molar-refractivity contribution in [3.8, 4) is 0 Å². The van der Waals surface area contributed by atoms with Crippen LogP contribution in [0, 0.1) is 4.91 Å². The summed E-state index contributed by atoms with van der Waals surface area (Å²) in [7, 11) is 1.58. The van der Waals surface area contributed by atoms with E-state index in [1.54, 1.807) is 18.8 Å².